The molecule has 130 valence electrons. The Hall–Kier alpha value is -2.47. The first kappa shape index (κ1) is 16.0. The fourth-order valence-corrected chi connectivity index (χ4v) is 3.22. The molecule has 4 rings (SSSR count). The number of hydrogen-bond acceptors (Lipinski definition) is 3. The number of halogens is 1. The molecule has 0 unspecified atom stereocenters. The number of benzene rings is 1. The average molecular weight is 339 g/mol. The van der Waals surface area contributed by atoms with E-state index >= 15 is 0 Å². The van der Waals surface area contributed by atoms with Crippen LogP contribution in [0.5, 0.6) is 0 Å². The van der Waals surface area contributed by atoms with E-state index in [9.17, 15) is 4.39 Å². The van der Waals surface area contributed by atoms with E-state index in [4.69, 9.17) is 0 Å². The van der Waals surface area contributed by atoms with Crippen LogP contribution in [0.2, 0.25) is 0 Å². The van der Waals surface area contributed by atoms with Crippen LogP contribution in [-0.2, 0) is 20.1 Å². The Labute approximate surface area is 146 Å². The topological polar surface area (TPSA) is 49.7 Å². The Bertz CT molecular complexity index is 878. The highest BCUT2D eigenvalue weighted by atomic mass is 19.1. The van der Waals surface area contributed by atoms with Crippen LogP contribution in [0.15, 0.2) is 36.5 Å². The van der Waals surface area contributed by atoms with Crippen LogP contribution in [0, 0.1) is 5.82 Å². The fourth-order valence-electron chi connectivity index (χ4n) is 3.22. The summed E-state index contributed by atoms with van der Waals surface area (Å²) in [4.78, 5) is 2.19. The van der Waals surface area contributed by atoms with Crippen molar-refractivity contribution in [2.75, 3.05) is 7.05 Å². The lowest BCUT2D eigenvalue weighted by molar-refractivity contribution is 0.315. The lowest BCUT2D eigenvalue weighted by atomic mass is 10.1. The summed E-state index contributed by atoms with van der Waals surface area (Å²) in [6.45, 7) is 1.46. The molecule has 6 heteroatoms. The minimum Gasteiger partial charge on any atom is -0.296 e. The van der Waals surface area contributed by atoms with E-state index < -0.39 is 0 Å². The molecule has 3 aromatic rings. The third kappa shape index (κ3) is 3.49. The van der Waals surface area contributed by atoms with Crippen LogP contribution < -0.4 is 0 Å². The summed E-state index contributed by atoms with van der Waals surface area (Å²) in [5, 5.41) is 12.0. The van der Waals surface area contributed by atoms with Crippen molar-refractivity contribution in [3.05, 3.63) is 59.3 Å². The molecule has 1 saturated carbocycles. The second-order valence-electron chi connectivity index (χ2n) is 6.92. The van der Waals surface area contributed by atoms with E-state index in [1.54, 1.807) is 16.8 Å². The van der Waals surface area contributed by atoms with Crippen molar-refractivity contribution in [1.29, 1.82) is 0 Å². The highest BCUT2D eigenvalue weighted by Crippen LogP contribution is 2.39. The Morgan fingerprint density at radius 3 is 2.84 bits per heavy atom. The molecule has 2 heterocycles. The minimum absolute atomic E-state index is 0.243. The van der Waals surface area contributed by atoms with Crippen LogP contribution in [0.4, 0.5) is 4.39 Å². The molecule has 2 aromatic heterocycles. The third-order valence-corrected chi connectivity index (χ3v) is 4.56. The van der Waals surface area contributed by atoms with Crippen LogP contribution >= 0.6 is 0 Å². The van der Waals surface area contributed by atoms with E-state index in [-0.39, 0.29) is 5.82 Å². The van der Waals surface area contributed by atoms with Gasteiger partial charge in [0.2, 0.25) is 0 Å². The molecule has 1 aromatic carbocycles. The van der Waals surface area contributed by atoms with Gasteiger partial charge < -0.3 is 0 Å². The fraction of sp³-hybridized carbons (Fsp3) is 0.368. The summed E-state index contributed by atoms with van der Waals surface area (Å²) in [5.41, 5.74) is 4.55. The molecule has 1 aliphatic rings. The minimum atomic E-state index is -0.243. The standard InChI is InChI=1S/C19H22FN5/c1-24(12-15-9-18(22-21-15)13-7-8-13)10-14-11-25(2)23-19(14)16-5-3-4-6-17(16)20/h3-6,9,11,13H,7-8,10,12H2,1-2H3,(H,21,22). The number of rotatable bonds is 6. The van der Waals surface area contributed by atoms with Gasteiger partial charge in [0, 0.05) is 49.1 Å². The maximum atomic E-state index is 14.2. The Morgan fingerprint density at radius 2 is 2.08 bits per heavy atom. The average Bonchev–Trinajstić information content (AvgIpc) is 3.22. The molecule has 0 aliphatic heterocycles. The number of aromatic amines is 1. The van der Waals surface area contributed by atoms with E-state index in [0.717, 1.165) is 17.8 Å². The molecule has 0 radical (unpaired) electrons. The summed E-state index contributed by atoms with van der Waals surface area (Å²) in [7, 11) is 3.92. The molecule has 5 nitrogen and oxygen atoms in total. The predicted molar refractivity (Wildman–Crippen MR) is 94.3 cm³/mol. The van der Waals surface area contributed by atoms with Gasteiger partial charge in [-0.1, -0.05) is 12.1 Å². The number of nitrogens with one attached hydrogen (secondary N) is 1. The summed E-state index contributed by atoms with van der Waals surface area (Å²) in [6, 6.07) is 8.95. The molecular weight excluding hydrogens is 317 g/mol. The largest absolute Gasteiger partial charge is 0.296 e. The van der Waals surface area contributed by atoms with Crippen molar-refractivity contribution in [3.8, 4) is 11.3 Å². The number of H-pyrrole nitrogens is 1. The van der Waals surface area contributed by atoms with Gasteiger partial charge in [-0.15, -0.1) is 0 Å². The van der Waals surface area contributed by atoms with Crippen LogP contribution in [0.1, 0.15) is 35.7 Å². The van der Waals surface area contributed by atoms with Gasteiger partial charge in [-0.25, -0.2) is 4.39 Å². The Kier molecular flexibility index (Phi) is 4.13. The molecule has 0 bridgehead atoms. The number of nitrogens with zero attached hydrogens (tertiary/aromatic N) is 4. The maximum absolute atomic E-state index is 14.2. The van der Waals surface area contributed by atoms with E-state index in [2.05, 4.69) is 33.3 Å². The molecule has 0 atom stereocenters. The first-order chi connectivity index (χ1) is 12.1. The second-order valence-corrected chi connectivity index (χ2v) is 6.92. The molecular formula is C19H22FN5. The van der Waals surface area contributed by atoms with Crippen LogP contribution in [0.3, 0.4) is 0 Å². The first-order valence-electron chi connectivity index (χ1n) is 8.60. The summed E-state index contributed by atoms with van der Waals surface area (Å²) < 4.78 is 15.9. The number of aryl methyl sites for hydroxylation is 1. The van der Waals surface area contributed by atoms with Gasteiger partial charge in [-0.05, 0) is 38.1 Å². The van der Waals surface area contributed by atoms with Crippen molar-refractivity contribution in [3.63, 3.8) is 0 Å². The van der Waals surface area contributed by atoms with Crippen molar-refractivity contribution < 1.29 is 4.39 Å². The van der Waals surface area contributed by atoms with Gasteiger partial charge >= 0.3 is 0 Å². The highest BCUT2D eigenvalue weighted by Gasteiger charge is 2.26. The summed E-state index contributed by atoms with van der Waals surface area (Å²) >= 11 is 0. The van der Waals surface area contributed by atoms with Crippen molar-refractivity contribution in [1.82, 2.24) is 24.9 Å². The molecule has 25 heavy (non-hydrogen) atoms. The molecule has 1 N–H and O–H groups in total. The molecule has 1 fully saturated rings. The monoisotopic (exact) mass is 339 g/mol. The Morgan fingerprint density at radius 1 is 1.28 bits per heavy atom. The highest BCUT2D eigenvalue weighted by molar-refractivity contribution is 5.63. The number of aromatic nitrogens is 4. The van der Waals surface area contributed by atoms with Gasteiger partial charge in [0.15, 0.2) is 0 Å². The molecule has 0 spiro atoms. The van der Waals surface area contributed by atoms with Crippen LogP contribution in [-0.4, -0.2) is 31.9 Å². The maximum Gasteiger partial charge on any atom is 0.132 e. The van der Waals surface area contributed by atoms with Gasteiger partial charge in [0.1, 0.15) is 5.82 Å². The van der Waals surface area contributed by atoms with Gasteiger partial charge in [-0.3, -0.25) is 14.7 Å². The molecule has 0 saturated heterocycles. The van der Waals surface area contributed by atoms with Gasteiger partial charge in [0.25, 0.3) is 0 Å². The second kappa shape index (κ2) is 6.44. The zero-order valence-electron chi connectivity index (χ0n) is 14.5. The predicted octanol–water partition coefficient (Wildman–Crippen LogP) is 3.46. The zero-order chi connectivity index (χ0) is 17.4. The normalized spacial score (nSPS) is 14.4. The molecule has 1 aliphatic carbocycles. The molecule has 0 amide bonds. The number of hydrogen-bond donors (Lipinski definition) is 1. The summed E-state index contributed by atoms with van der Waals surface area (Å²) in [6.07, 6.45) is 4.46. The smallest absolute Gasteiger partial charge is 0.132 e. The van der Waals surface area contributed by atoms with Crippen LogP contribution in [0.25, 0.3) is 11.3 Å². The zero-order valence-corrected chi connectivity index (χ0v) is 14.5. The first-order valence-corrected chi connectivity index (χ1v) is 8.60. The van der Waals surface area contributed by atoms with E-state index in [1.165, 1.54) is 24.6 Å². The third-order valence-electron chi connectivity index (χ3n) is 4.56. The van der Waals surface area contributed by atoms with Gasteiger partial charge in [-0.2, -0.15) is 10.2 Å². The van der Waals surface area contributed by atoms with Gasteiger partial charge in [0.05, 0.1) is 11.4 Å². The van der Waals surface area contributed by atoms with E-state index in [0.29, 0.717) is 23.7 Å². The van der Waals surface area contributed by atoms with E-state index in [1.807, 2.05) is 19.3 Å². The lowest BCUT2D eigenvalue weighted by Crippen LogP contribution is -2.17. The lowest BCUT2D eigenvalue weighted by Gasteiger charge is -2.15. The SMILES string of the molecule is CN(Cc1cc(C2CC2)n[nH]1)Cc1cn(C)nc1-c1ccccc1F. The van der Waals surface area contributed by atoms with Crippen molar-refractivity contribution in [2.45, 2.75) is 31.8 Å². The van der Waals surface area contributed by atoms with Crippen molar-refractivity contribution in [2.24, 2.45) is 7.05 Å². The quantitative estimate of drug-likeness (QED) is 0.748. The summed E-state index contributed by atoms with van der Waals surface area (Å²) in [5.74, 6) is 0.411. The Balaban J connectivity index is 1.51. The van der Waals surface area contributed by atoms with Crippen molar-refractivity contribution >= 4 is 0 Å².